The molecular weight excluding hydrogens is 230 g/mol. The maximum Gasteiger partial charge on any atom is 0.271 e. The zero-order chi connectivity index (χ0) is 13.0. The van der Waals surface area contributed by atoms with Gasteiger partial charge in [0, 0.05) is 29.9 Å². The van der Waals surface area contributed by atoms with Crippen LogP contribution < -0.4 is 10.6 Å². The molecule has 0 unspecified atom stereocenters. The molecular formula is C13H19N3O2. The minimum atomic E-state index is -0.358. The highest BCUT2D eigenvalue weighted by Crippen LogP contribution is 2.24. The Morgan fingerprint density at radius 1 is 1.22 bits per heavy atom. The van der Waals surface area contributed by atoms with Crippen molar-refractivity contribution in [1.29, 1.82) is 0 Å². The molecule has 5 nitrogen and oxygen atoms in total. The van der Waals surface area contributed by atoms with Crippen LogP contribution in [-0.4, -0.2) is 24.1 Å². The van der Waals surface area contributed by atoms with Gasteiger partial charge in [-0.25, -0.2) is 0 Å². The molecule has 0 aliphatic heterocycles. The molecule has 2 N–H and O–H groups in total. The number of hydrogen-bond acceptors (Lipinski definition) is 4. The van der Waals surface area contributed by atoms with Gasteiger partial charge in [-0.15, -0.1) is 0 Å². The SMILES string of the molecule is CNC1CCC(Nc2cccc([N+](=O)[O-])c2)CC1. The van der Waals surface area contributed by atoms with E-state index in [4.69, 9.17) is 0 Å². The van der Waals surface area contributed by atoms with Crippen molar-refractivity contribution in [2.24, 2.45) is 0 Å². The quantitative estimate of drug-likeness (QED) is 0.635. The van der Waals surface area contributed by atoms with E-state index in [9.17, 15) is 10.1 Å². The van der Waals surface area contributed by atoms with Crippen LogP contribution in [0.4, 0.5) is 11.4 Å². The molecule has 1 fully saturated rings. The van der Waals surface area contributed by atoms with Crippen LogP contribution in [0.15, 0.2) is 24.3 Å². The average Bonchev–Trinajstić information content (AvgIpc) is 2.40. The van der Waals surface area contributed by atoms with E-state index >= 15 is 0 Å². The summed E-state index contributed by atoms with van der Waals surface area (Å²) in [6.07, 6.45) is 4.52. The molecule has 0 amide bonds. The van der Waals surface area contributed by atoms with Crippen LogP contribution in [0.2, 0.25) is 0 Å². The molecule has 0 heterocycles. The van der Waals surface area contributed by atoms with E-state index in [2.05, 4.69) is 10.6 Å². The third-order valence-electron chi connectivity index (χ3n) is 3.56. The molecule has 98 valence electrons. The Kier molecular flexibility index (Phi) is 4.15. The first-order valence-corrected chi connectivity index (χ1v) is 6.37. The number of hydrogen-bond donors (Lipinski definition) is 2. The Bertz CT molecular complexity index is 414. The largest absolute Gasteiger partial charge is 0.382 e. The maximum atomic E-state index is 10.7. The van der Waals surface area contributed by atoms with Gasteiger partial charge in [0.15, 0.2) is 0 Å². The number of nitrogens with zero attached hydrogens (tertiary/aromatic N) is 1. The van der Waals surface area contributed by atoms with Gasteiger partial charge in [0.05, 0.1) is 4.92 Å². The van der Waals surface area contributed by atoms with Gasteiger partial charge in [-0.3, -0.25) is 10.1 Å². The number of anilines is 1. The van der Waals surface area contributed by atoms with Crippen LogP contribution in [0, 0.1) is 10.1 Å². The highest BCUT2D eigenvalue weighted by atomic mass is 16.6. The molecule has 5 heteroatoms. The predicted molar refractivity (Wildman–Crippen MR) is 71.8 cm³/mol. The fourth-order valence-corrected chi connectivity index (χ4v) is 2.47. The van der Waals surface area contributed by atoms with E-state index in [1.165, 1.54) is 6.07 Å². The highest BCUT2D eigenvalue weighted by molar-refractivity contribution is 5.51. The lowest BCUT2D eigenvalue weighted by atomic mass is 9.91. The zero-order valence-corrected chi connectivity index (χ0v) is 10.6. The van der Waals surface area contributed by atoms with Crippen molar-refractivity contribution < 1.29 is 4.92 Å². The lowest BCUT2D eigenvalue weighted by Crippen LogP contribution is -2.34. The van der Waals surface area contributed by atoms with Crippen molar-refractivity contribution in [3.63, 3.8) is 0 Å². The molecule has 0 bridgehead atoms. The van der Waals surface area contributed by atoms with E-state index in [1.54, 1.807) is 12.1 Å². The number of non-ortho nitro benzene ring substituents is 1. The monoisotopic (exact) mass is 249 g/mol. The van der Waals surface area contributed by atoms with Crippen molar-refractivity contribution in [3.05, 3.63) is 34.4 Å². The van der Waals surface area contributed by atoms with E-state index < -0.39 is 0 Å². The Hall–Kier alpha value is -1.62. The minimum Gasteiger partial charge on any atom is -0.382 e. The standard InChI is InChI=1S/C13H19N3O2/c1-14-10-5-7-11(8-6-10)15-12-3-2-4-13(9-12)16(17)18/h2-4,9-11,14-15H,5-8H2,1H3. The lowest BCUT2D eigenvalue weighted by Gasteiger charge is -2.29. The topological polar surface area (TPSA) is 67.2 Å². The fraction of sp³-hybridized carbons (Fsp3) is 0.538. The van der Waals surface area contributed by atoms with Gasteiger partial charge in [-0.1, -0.05) is 6.07 Å². The van der Waals surface area contributed by atoms with E-state index in [1.807, 2.05) is 13.1 Å². The summed E-state index contributed by atoms with van der Waals surface area (Å²) in [6, 6.07) is 7.77. The molecule has 0 spiro atoms. The summed E-state index contributed by atoms with van der Waals surface area (Å²) in [5.41, 5.74) is 0.987. The van der Waals surface area contributed by atoms with Gasteiger partial charge >= 0.3 is 0 Å². The van der Waals surface area contributed by atoms with Crippen LogP contribution in [-0.2, 0) is 0 Å². The van der Waals surface area contributed by atoms with Crippen molar-refractivity contribution >= 4 is 11.4 Å². The van der Waals surface area contributed by atoms with E-state index in [0.29, 0.717) is 12.1 Å². The van der Waals surface area contributed by atoms with Crippen LogP contribution in [0.1, 0.15) is 25.7 Å². The molecule has 1 aromatic rings. The van der Waals surface area contributed by atoms with Gasteiger partial charge in [0.2, 0.25) is 0 Å². The first-order valence-electron chi connectivity index (χ1n) is 6.37. The third kappa shape index (κ3) is 3.20. The molecule has 1 aliphatic rings. The number of nitro groups is 1. The Morgan fingerprint density at radius 2 is 1.89 bits per heavy atom. The first kappa shape index (κ1) is 12.8. The molecule has 0 radical (unpaired) electrons. The number of benzene rings is 1. The molecule has 0 saturated heterocycles. The van der Waals surface area contributed by atoms with Gasteiger partial charge < -0.3 is 10.6 Å². The maximum absolute atomic E-state index is 10.7. The fourth-order valence-electron chi connectivity index (χ4n) is 2.47. The van der Waals surface area contributed by atoms with Crippen LogP contribution >= 0.6 is 0 Å². The van der Waals surface area contributed by atoms with Crippen molar-refractivity contribution in [2.45, 2.75) is 37.8 Å². The van der Waals surface area contributed by atoms with Gasteiger partial charge in [-0.05, 0) is 38.8 Å². The Labute approximate surface area is 107 Å². The third-order valence-corrected chi connectivity index (χ3v) is 3.56. The summed E-state index contributed by atoms with van der Waals surface area (Å²) in [4.78, 5) is 10.3. The molecule has 0 atom stereocenters. The zero-order valence-electron chi connectivity index (χ0n) is 10.6. The van der Waals surface area contributed by atoms with Gasteiger partial charge in [0.1, 0.15) is 0 Å². The molecule has 1 aliphatic carbocycles. The summed E-state index contributed by atoms with van der Waals surface area (Å²) in [5.74, 6) is 0. The van der Waals surface area contributed by atoms with Crippen LogP contribution in [0.5, 0.6) is 0 Å². The van der Waals surface area contributed by atoms with Gasteiger partial charge in [0.25, 0.3) is 5.69 Å². The van der Waals surface area contributed by atoms with Crippen molar-refractivity contribution in [1.82, 2.24) is 5.32 Å². The summed E-state index contributed by atoms with van der Waals surface area (Å²) in [5, 5.41) is 17.4. The lowest BCUT2D eigenvalue weighted by molar-refractivity contribution is -0.384. The normalized spacial score (nSPS) is 23.6. The smallest absolute Gasteiger partial charge is 0.271 e. The molecule has 1 saturated carbocycles. The second kappa shape index (κ2) is 5.82. The first-order chi connectivity index (χ1) is 8.69. The number of nitro benzene ring substituents is 1. The highest BCUT2D eigenvalue weighted by Gasteiger charge is 2.20. The number of rotatable bonds is 4. The predicted octanol–water partition coefficient (Wildman–Crippen LogP) is 2.54. The Morgan fingerprint density at radius 3 is 2.50 bits per heavy atom. The molecule has 1 aromatic carbocycles. The van der Waals surface area contributed by atoms with Crippen LogP contribution in [0.25, 0.3) is 0 Å². The Balaban J connectivity index is 1.94. The second-order valence-corrected chi connectivity index (χ2v) is 4.79. The second-order valence-electron chi connectivity index (χ2n) is 4.79. The summed E-state index contributed by atoms with van der Waals surface area (Å²) >= 11 is 0. The molecule has 18 heavy (non-hydrogen) atoms. The van der Waals surface area contributed by atoms with Crippen LogP contribution in [0.3, 0.4) is 0 Å². The van der Waals surface area contributed by atoms with E-state index in [0.717, 1.165) is 31.4 Å². The summed E-state index contributed by atoms with van der Waals surface area (Å²) < 4.78 is 0. The van der Waals surface area contributed by atoms with E-state index in [-0.39, 0.29) is 10.6 Å². The van der Waals surface area contributed by atoms with Crippen molar-refractivity contribution in [3.8, 4) is 0 Å². The van der Waals surface area contributed by atoms with Crippen molar-refractivity contribution in [2.75, 3.05) is 12.4 Å². The molecule has 0 aromatic heterocycles. The minimum absolute atomic E-state index is 0.143. The average molecular weight is 249 g/mol. The summed E-state index contributed by atoms with van der Waals surface area (Å²) in [6.45, 7) is 0. The van der Waals surface area contributed by atoms with Gasteiger partial charge in [-0.2, -0.15) is 0 Å². The summed E-state index contributed by atoms with van der Waals surface area (Å²) in [7, 11) is 2.00. The molecule has 2 rings (SSSR count). The number of nitrogens with one attached hydrogen (secondary N) is 2.